The summed E-state index contributed by atoms with van der Waals surface area (Å²) in [5, 5.41) is 2.92. The number of rotatable bonds is 6. The van der Waals surface area contributed by atoms with Gasteiger partial charge in [0.1, 0.15) is 11.9 Å². The van der Waals surface area contributed by atoms with Crippen LogP contribution in [0.1, 0.15) is 49.3 Å². The molecule has 2 amide bonds. The van der Waals surface area contributed by atoms with E-state index in [0.29, 0.717) is 0 Å². The molecule has 0 spiro atoms. The molecule has 2 aromatic carbocycles. The van der Waals surface area contributed by atoms with Crippen LogP contribution in [0.3, 0.4) is 0 Å². The number of hydrogen-bond donors (Lipinski definition) is 1. The van der Waals surface area contributed by atoms with Gasteiger partial charge in [-0.25, -0.2) is 4.39 Å². The summed E-state index contributed by atoms with van der Waals surface area (Å²) in [4.78, 5) is 27.4. The van der Waals surface area contributed by atoms with E-state index in [0.717, 1.165) is 37.1 Å². The number of nitrogens with zero attached hydrogens (tertiary/aromatic N) is 1. The Bertz CT molecular complexity index is 771. The predicted octanol–water partition coefficient (Wildman–Crippen LogP) is 3.80. The molecule has 0 bridgehead atoms. The largest absolute Gasteiger partial charge is 0.341 e. The molecule has 1 unspecified atom stereocenters. The topological polar surface area (TPSA) is 49.4 Å². The number of benzene rings is 2. The minimum absolute atomic E-state index is 0.0542. The third-order valence-electron chi connectivity index (χ3n) is 5.03. The predicted molar refractivity (Wildman–Crippen MR) is 103 cm³/mol. The van der Waals surface area contributed by atoms with Gasteiger partial charge in [0, 0.05) is 19.5 Å². The van der Waals surface area contributed by atoms with E-state index in [-0.39, 0.29) is 30.0 Å². The Hall–Kier alpha value is -2.69. The second-order valence-corrected chi connectivity index (χ2v) is 7.10. The fraction of sp³-hybridized carbons (Fsp3) is 0.364. The SMILES string of the molecule is CC(CC(=O)N[C@@H](C(=O)N1CCCC1)c1ccccc1)c1ccc(F)cc1. The van der Waals surface area contributed by atoms with Crippen LogP contribution < -0.4 is 5.32 Å². The summed E-state index contributed by atoms with van der Waals surface area (Å²) in [5.74, 6) is -0.602. The molecule has 142 valence electrons. The van der Waals surface area contributed by atoms with E-state index in [1.807, 2.05) is 42.2 Å². The van der Waals surface area contributed by atoms with Gasteiger partial charge in [-0.15, -0.1) is 0 Å². The lowest BCUT2D eigenvalue weighted by Crippen LogP contribution is -2.42. The minimum atomic E-state index is -0.669. The summed E-state index contributed by atoms with van der Waals surface area (Å²) in [6.07, 6.45) is 2.24. The van der Waals surface area contributed by atoms with Gasteiger partial charge in [0.25, 0.3) is 0 Å². The van der Waals surface area contributed by atoms with Crippen molar-refractivity contribution in [3.05, 3.63) is 71.5 Å². The third kappa shape index (κ3) is 4.94. The number of likely N-dealkylation sites (tertiary alicyclic amines) is 1. The smallest absolute Gasteiger partial charge is 0.249 e. The van der Waals surface area contributed by atoms with E-state index < -0.39 is 6.04 Å². The van der Waals surface area contributed by atoms with Gasteiger partial charge in [-0.2, -0.15) is 0 Å². The fourth-order valence-corrected chi connectivity index (χ4v) is 3.46. The van der Waals surface area contributed by atoms with Crippen molar-refractivity contribution < 1.29 is 14.0 Å². The van der Waals surface area contributed by atoms with Crippen LogP contribution in [0.25, 0.3) is 0 Å². The van der Waals surface area contributed by atoms with E-state index in [9.17, 15) is 14.0 Å². The zero-order chi connectivity index (χ0) is 19.2. The van der Waals surface area contributed by atoms with Crippen molar-refractivity contribution in [3.8, 4) is 0 Å². The van der Waals surface area contributed by atoms with Gasteiger partial charge in [0.15, 0.2) is 0 Å². The Labute approximate surface area is 159 Å². The normalized spacial score (nSPS) is 16.0. The van der Waals surface area contributed by atoms with Crippen molar-refractivity contribution in [2.75, 3.05) is 13.1 Å². The van der Waals surface area contributed by atoms with Crippen LogP contribution in [-0.4, -0.2) is 29.8 Å². The van der Waals surface area contributed by atoms with Crippen molar-refractivity contribution in [1.29, 1.82) is 0 Å². The number of amides is 2. The van der Waals surface area contributed by atoms with Crippen LogP contribution in [0, 0.1) is 5.82 Å². The molecule has 1 heterocycles. The quantitative estimate of drug-likeness (QED) is 0.843. The zero-order valence-corrected chi connectivity index (χ0v) is 15.5. The average Bonchev–Trinajstić information content (AvgIpc) is 3.21. The van der Waals surface area contributed by atoms with Crippen LogP contribution >= 0.6 is 0 Å². The first kappa shape index (κ1) is 19.1. The van der Waals surface area contributed by atoms with Crippen LogP contribution in [0.4, 0.5) is 4.39 Å². The lowest BCUT2D eigenvalue weighted by atomic mass is 9.97. The number of carbonyl (C=O) groups excluding carboxylic acids is 2. The van der Waals surface area contributed by atoms with E-state index in [1.165, 1.54) is 12.1 Å². The summed E-state index contributed by atoms with van der Waals surface area (Å²) in [5.41, 5.74) is 1.69. The Morgan fingerprint density at radius 3 is 2.26 bits per heavy atom. The number of halogens is 1. The molecule has 1 fully saturated rings. The Balaban J connectivity index is 1.70. The lowest BCUT2D eigenvalue weighted by molar-refractivity contribution is -0.135. The van der Waals surface area contributed by atoms with E-state index in [4.69, 9.17) is 0 Å². The molecule has 0 saturated carbocycles. The highest BCUT2D eigenvalue weighted by atomic mass is 19.1. The Kier molecular flexibility index (Phi) is 6.22. The molecule has 27 heavy (non-hydrogen) atoms. The summed E-state index contributed by atoms with van der Waals surface area (Å²) in [7, 11) is 0. The van der Waals surface area contributed by atoms with Crippen molar-refractivity contribution in [2.24, 2.45) is 0 Å². The molecular weight excluding hydrogens is 343 g/mol. The standard InChI is InChI=1S/C22H25FN2O2/c1-16(17-9-11-19(23)12-10-17)15-20(26)24-21(18-7-3-2-4-8-18)22(27)25-13-5-6-14-25/h2-4,7-12,16,21H,5-6,13-15H2,1H3,(H,24,26)/t16?,21-/m1/s1. The Morgan fingerprint density at radius 1 is 1.00 bits per heavy atom. The first-order valence-corrected chi connectivity index (χ1v) is 9.43. The lowest BCUT2D eigenvalue weighted by Gasteiger charge is -2.25. The molecule has 0 radical (unpaired) electrons. The molecule has 0 aromatic heterocycles. The molecule has 1 aliphatic rings. The van der Waals surface area contributed by atoms with Crippen LogP contribution in [0.2, 0.25) is 0 Å². The van der Waals surface area contributed by atoms with Gasteiger partial charge in [-0.1, -0.05) is 49.4 Å². The van der Waals surface area contributed by atoms with Gasteiger partial charge < -0.3 is 10.2 Å². The zero-order valence-electron chi connectivity index (χ0n) is 15.5. The maximum Gasteiger partial charge on any atom is 0.249 e. The molecule has 1 saturated heterocycles. The van der Waals surface area contributed by atoms with E-state index in [2.05, 4.69) is 5.32 Å². The molecule has 2 atom stereocenters. The maximum atomic E-state index is 13.1. The monoisotopic (exact) mass is 368 g/mol. The van der Waals surface area contributed by atoms with Crippen molar-refractivity contribution in [1.82, 2.24) is 10.2 Å². The van der Waals surface area contributed by atoms with Crippen LogP contribution in [0.5, 0.6) is 0 Å². The molecule has 3 rings (SSSR count). The molecular formula is C22H25FN2O2. The molecule has 0 aliphatic carbocycles. The number of carbonyl (C=O) groups is 2. The maximum absolute atomic E-state index is 13.1. The number of hydrogen-bond acceptors (Lipinski definition) is 2. The summed E-state index contributed by atoms with van der Waals surface area (Å²) < 4.78 is 13.1. The second kappa shape index (κ2) is 8.80. The summed E-state index contributed by atoms with van der Waals surface area (Å²) in [6.45, 7) is 3.40. The fourth-order valence-electron chi connectivity index (χ4n) is 3.46. The highest BCUT2D eigenvalue weighted by Crippen LogP contribution is 2.22. The summed E-state index contributed by atoms with van der Waals surface area (Å²) >= 11 is 0. The van der Waals surface area contributed by atoms with Crippen molar-refractivity contribution in [2.45, 2.75) is 38.1 Å². The molecule has 4 nitrogen and oxygen atoms in total. The van der Waals surface area contributed by atoms with Gasteiger partial charge >= 0.3 is 0 Å². The average molecular weight is 368 g/mol. The molecule has 2 aromatic rings. The van der Waals surface area contributed by atoms with Crippen LogP contribution in [-0.2, 0) is 9.59 Å². The van der Waals surface area contributed by atoms with Crippen molar-refractivity contribution >= 4 is 11.8 Å². The van der Waals surface area contributed by atoms with E-state index >= 15 is 0 Å². The first-order valence-electron chi connectivity index (χ1n) is 9.43. The highest BCUT2D eigenvalue weighted by molar-refractivity contribution is 5.89. The Morgan fingerprint density at radius 2 is 1.63 bits per heavy atom. The molecule has 1 N–H and O–H groups in total. The molecule has 1 aliphatic heterocycles. The first-order chi connectivity index (χ1) is 13.0. The van der Waals surface area contributed by atoms with Gasteiger partial charge in [0.05, 0.1) is 0 Å². The van der Waals surface area contributed by atoms with Crippen molar-refractivity contribution in [3.63, 3.8) is 0 Å². The summed E-state index contributed by atoms with van der Waals surface area (Å²) in [6, 6.07) is 14.9. The van der Waals surface area contributed by atoms with Gasteiger partial charge in [-0.3, -0.25) is 9.59 Å². The van der Waals surface area contributed by atoms with Crippen LogP contribution in [0.15, 0.2) is 54.6 Å². The van der Waals surface area contributed by atoms with E-state index in [1.54, 1.807) is 12.1 Å². The van der Waals surface area contributed by atoms with Gasteiger partial charge in [0.2, 0.25) is 11.8 Å². The second-order valence-electron chi connectivity index (χ2n) is 7.10. The van der Waals surface area contributed by atoms with Gasteiger partial charge in [-0.05, 0) is 42.0 Å². The number of nitrogens with one attached hydrogen (secondary N) is 1. The molecule has 5 heteroatoms. The minimum Gasteiger partial charge on any atom is -0.341 e. The third-order valence-corrected chi connectivity index (χ3v) is 5.03. The highest BCUT2D eigenvalue weighted by Gasteiger charge is 2.29.